The molecule has 0 fully saturated rings. The molecule has 0 spiro atoms. The molecule has 0 aromatic carbocycles. The van der Waals surface area contributed by atoms with Gasteiger partial charge in [0.05, 0.1) is 5.92 Å². The maximum absolute atomic E-state index is 11.1. The molecule has 0 aromatic rings. The molecule has 1 aliphatic rings. The molecule has 1 unspecified atom stereocenters. The number of aliphatic carboxylic acids is 1. The first-order valence-corrected chi connectivity index (χ1v) is 4.90. The van der Waals surface area contributed by atoms with Crippen LogP contribution in [0.3, 0.4) is 0 Å². The van der Waals surface area contributed by atoms with Gasteiger partial charge in [0.2, 0.25) is 0 Å². The van der Waals surface area contributed by atoms with Crippen molar-refractivity contribution in [3.8, 4) is 0 Å². The zero-order valence-corrected chi connectivity index (χ0v) is 8.63. The molecule has 74 valence electrons. The standard InChI is InChI=1S/C11H18O2/c1-4-8-6-5-7-11(2,3)9(8)10(12)13/h6,9H,4-5,7H2,1-3H3,(H,12,13). The van der Waals surface area contributed by atoms with Gasteiger partial charge >= 0.3 is 5.97 Å². The van der Waals surface area contributed by atoms with Gasteiger partial charge in [-0.2, -0.15) is 0 Å². The third-order valence-corrected chi connectivity index (χ3v) is 3.00. The van der Waals surface area contributed by atoms with E-state index in [9.17, 15) is 4.79 Å². The van der Waals surface area contributed by atoms with E-state index in [-0.39, 0.29) is 11.3 Å². The van der Waals surface area contributed by atoms with Gasteiger partial charge in [-0.25, -0.2) is 0 Å². The predicted octanol–water partition coefficient (Wildman–Crippen LogP) is 2.84. The number of hydrogen-bond donors (Lipinski definition) is 1. The summed E-state index contributed by atoms with van der Waals surface area (Å²) in [5, 5.41) is 9.13. The lowest BCUT2D eigenvalue weighted by Gasteiger charge is -2.36. The summed E-state index contributed by atoms with van der Waals surface area (Å²) in [5.74, 6) is -0.941. The topological polar surface area (TPSA) is 37.3 Å². The molecular weight excluding hydrogens is 164 g/mol. The lowest BCUT2D eigenvalue weighted by Crippen LogP contribution is -2.34. The molecule has 1 atom stereocenters. The van der Waals surface area contributed by atoms with Crippen molar-refractivity contribution in [2.45, 2.75) is 40.0 Å². The van der Waals surface area contributed by atoms with Crippen LogP contribution in [0.1, 0.15) is 40.0 Å². The first-order valence-electron chi connectivity index (χ1n) is 4.90. The van der Waals surface area contributed by atoms with Crippen LogP contribution in [-0.2, 0) is 4.79 Å². The highest BCUT2D eigenvalue weighted by Crippen LogP contribution is 2.41. The van der Waals surface area contributed by atoms with E-state index in [1.165, 1.54) is 0 Å². The first-order chi connectivity index (χ1) is 5.99. The van der Waals surface area contributed by atoms with E-state index in [4.69, 9.17) is 5.11 Å². The van der Waals surface area contributed by atoms with Crippen molar-refractivity contribution in [1.82, 2.24) is 0 Å². The van der Waals surface area contributed by atoms with E-state index < -0.39 is 5.97 Å². The Morgan fingerprint density at radius 3 is 2.69 bits per heavy atom. The van der Waals surface area contributed by atoms with Crippen LogP contribution in [0.25, 0.3) is 0 Å². The third-order valence-electron chi connectivity index (χ3n) is 3.00. The van der Waals surface area contributed by atoms with E-state index in [2.05, 4.69) is 19.9 Å². The summed E-state index contributed by atoms with van der Waals surface area (Å²) in [7, 11) is 0. The highest BCUT2D eigenvalue weighted by molar-refractivity contribution is 5.75. The molecule has 2 heteroatoms. The van der Waals surface area contributed by atoms with Crippen LogP contribution < -0.4 is 0 Å². The van der Waals surface area contributed by atoms with Crippen molar-refractivity contribution in [3.63, 3.8) is 0 Å². The summed E-state index contributed by atoms with van der Waals surface area (Å²) in [6, 6.07) is 0. The van der Waals surface area contributed by atoms with Crippen LogP contribution in [0.4, 0.5) is 0 Å². The molecule has 0 heterocycles. The fourth-order valence-electron chi connectivity index (χ4n) is 2.23. The van der Waals surface area contributed by atoms with Crippen molar-refractivity contribution < 1.29 is 9.90 Å². The van der Waals surface area contributed by atoms with Crippen LogP contribution in [0, 0.1) is 11.3 Å². The Morgan fingerprint density at radius 2 is 2.31 bits per heavy atom. The minimum absolute atomic E-state index is 0.0775. The van der Waals surface area contributed by atoms with Gasteiger partial charge in [0.25, 0.3) is 0 Å². The summed E-state index contributed by atoms with van der Waals surface area (Å²) >= 11 is 0. The molecule has 0 amide bonds. The maximum Gasteiger partial charge on any atom is 0.311 e. The van der Waals surface area contributed by atoms with Gasteiger partial charge in [-0.1, -0.05) is 32.4 Å². The number of hydrogen-bond acceptors (Lipinski definition) is 1. The molecule has 0 saturated carbocycles. The number of rotatable bonds is 2. The third kappa shape index (κ3) is 1.93. The largest absolute Gasteiger partial charge is 0.481 e. The van der Waals surface area contributed by atoms with Crippen LogP contribution >= 0.6 is 0 Å². The number of allylic oxidation sites excluding steroid dienone is 1. The molecule has 2 nitrogen and oxygen atoms in total. The van der Waals surface area contributed by atoms with Crippen molar-refractivity contribution in [1.29, 1.82) is 0 Å². The lowest BCUT2D eigenvalue weighted by molar-refractivity contribution is -0.144. The van der Waals surface area contributed by atoms with E-state index >= 15 is 0 Å². The van der Waals surface area contributed by atoms with Crippen molar-refractivity contribution in [2.24, 2.45) is 11.3 Å². The smallest absolute Gasteiger partial charge is 0.311 e. The molecule has 0 bridgehead atoms. The molecule has 0 saturated heterocycles. The molecule has 1 N–H and O–H groups in total. The molecule has 13 heavy (non-hydrogen) atoms. The monoisotopic (exact) mass is 182 g/mol. The van der Waals surface area contributed by atoms with Gasteiger partial charge in [-0.15, -0.1) is 0 Å². The van der Waals surface area contributed by atoms with Crippen molar-refractivity contribution >= 4 is 5.97 Å². The van der Waals surface area contributed by atoms with Gasteiger partial charge in [-0.3, -0.25) is 4.79 Å². The summed E-state index contributed by atoms with van der Waals surface area (Å²) in [4.78, 5) is 11.1. The molecule has 0 aliphatic heterocycles. The van der Waals surface area contributed by atoms with Gasteiger partial charge < -0.3 is 5.11 Å². The Labute approximate surface area is 79.6 Å². The van der Waals surface area contributed by atoms with Crippen LogP contribution in [0.2, 0.25) is 0 Å². The fourth-order valence-corrected chi connectivity index (χ4v) is 2.23. The van der Waals surface area contributed by atoms with Gasteiger partial charge in [-0.05, 0) is 24.7 Å². The zero-order valence-electron chi connectivity index (χ0n) is 8.63. The zero-order chi connectivity index (χ0) is 10.1. The SMILES string of the molecule is CCC1=CCCC(C)(C)C1C(=O)O. The highest BCUT2D eigenvalue weighted by atomic mass is 16.4. The first kappa shape index (κ1) is 10.3. The minimum atomic E-state index is -0.669. The predicted molar refractivity (Wildman–Crippen MR) is 52.5 cm³/mol. The molecule has 1 aliphatic carbocycles. The molecule has 0 aromatic heterocycles. The molecule has 1 rings (SSSR count). The minimum Gasteiger partial charge on any atom is -0.481 e. The van der Waals surface area contributed by atoms with Crippen LogP contribution in [0.5, 0.6) is 0 Å². The number of carboxylic acids is 1. The second kappa shape index (κ2) is 3.52. The average Bonchev–Trinajstić information content (AvgIpc) is 2.01. The van der Waals surface area contributed by atoms with Gasteiger partial charge in [0.15, 0.2) is 0 Å². The summed E-state index contributed by atoms with van der Waals surface area (Å²) in [5.41, 5.74) is 1.02. The van der Waals surface area contributed by atoms with E-state index in [1.807, 2.05) is 6.92 Å². The van der Waals surface area contributed by atoms with Crippen molar-refractivity contribution in [3.05, 3.63) is 11.6 Å². The second-order valence-corrected chi connectivity index (χ2v) is 4.43. The second-order valence-electron chi connectivity index (χ2n) is 4.43. The lowest BCUT2D eigenvalue weighted by atomic mass is 9.68. The van der Waals surface area contributed by atoms with E-state index in [0.717, 1.165) is 24.8 Å². The van der Waals surface area contributed by atoms with Crippen LogP contribution in [-0.4, -0.2) is 11.1 Å². The number of carbonyl (C=O) groups is 1. The van der Waals surface area contributed by atoms with E-state index in [0.29, 0.717) is 0 Å². The Kier molecular flexibility index (Phi) is 2.79. The molecule has 0 radical (unpaired) electrons. The summed E-state index contributed by atoms with van der Waals surface area (Å²) in [6.45, 7) is 6.13. The molecular formula is C11H18O2. The Hall–Kier alpha value is -0.790. The van der Waals surface area contributed by atoms with Crippen LogP contribution in [0.15, 0.2) is 11.6 Å². The fraction of sp³-hybridized carbons (Fsp3) is 0.727. The van der Waals surface area contributed by atoms with Gasteiger partial charge in [0, 0.05) is 0 Å². The Bertz CT molecular complexity index is 238. The normalized spacial score (nSPS) is 26.7. The number of carboxylic acid groups (broad SMARTS) is 1. The Balaban J connectivity index is 2.98. The highest BCUT2D eigenvalue weighted by Gasteiger charge is 2.38. The average molecular weight is 182 g/mol. The van der Waals surface area contributed by atoms with E-state index in [1.54, 1.807) is 0 Å². The van der Waals surface area contributed by atoms with Gasteiger partial charge in [0.1, 0.15) is 0 Å². The summed E-state index contributed by atoms with van der Waals surface area (Å²) < 4.78 is 0. The summed E-state index contributed by atoms with van der Waals surface area (Å²) in [6.07, 6.45) is 4.97. The quantitative estimate of drug-likeness (QED) is 0.667. The Morgan fingerprint density at radius 1 is 1.69 bits per heavy atom. The maximum atomic E-state index is 11.1. The van der Waals surface area contributed by atoms with Crippen molar-refractivity contribution in [2.75, 3.05) is 0 Å².